The summed E-state index contributed by atoms with van der Waals surface area (Å²) in [7, 11) is 1.53. The maximum absolute atomic E-state index is 13.1. The minimum atomic E-state index is -0.484. The van der Waals surface area contributed by atoms with Crippen molar-refractivity contribution >= 4 is 22.9 Å². The first-order valence-corrected chi connectivity index (χ1v) is 8.16. The Morgan fingerprint density at radius 3 is 2.26 bits per heavy atom. The lowest BCUT2D eigenvalue weighted by molar-refractivity contribution is -0.384. The van der Waals surface area contributed by atoms with Gasteiger partial charge in [-0.05, 0) is 36.4 Å². The summed E-state index contributed by atoms with van der Waals surface area (Å²) >= 11 is 0. The van der Waals surface area contributed by atoms with Crippen molar-refractivity contribution in [3.63, 3.8) is 0 Å². The third kappa shape index (κ3) is 4.24. The molecule has 0 unspecified atom stereocenters. The predicted molar refractivity (Wildman–Crippen MR) is 103 cm³/mol. The molecule has 0 radical (unpaired) electrons. The molecule has 3 aromatic carbocycles. The van der Waals surface area contributed by atoms with Crippen LogP contribution in [-0.2, 0) is 0 Å². The number of nitro benzene ring substituents is 1. The molecule has 0 aliphatic carbocycles. The molecule has 0 N–H and O–H groups in total. The molecule has 134 valence electrons. The molecular weight excluding hydrogens is 344 g/mol. The third-order valence-corrected chi connectivity index (χ3v) is 3.90. The van der Waals surface area contributed by atoms with Gasteiger partial charge in [0, 0.05) is 23.3 Å². The highest BCUT2D eigenvalue weighted by Crippen LogP contribution is 2.20. The number of carbonyl (C=O) groups is 1. The summed E-state index contributed by atoms with van der Waals surface area (Å²) in [5, 5.41) is 10.9. The molecule has 0 heterocycles. The number of Topliss-reactive ketones (excluding diaryl/α,β-unsaturated/α-hetero) is 1. The Bertz CT molecular complexity index is 996. The van der Waals surface area contributed by atoms with Gasteiger partial charge in [0.1, 0.15) is 11.5 Å². The van der Waals surface area contributed by atoms with Crippen LogP contribution in [0.2, 0.25) is 0 Å². The second-order valence-electron chi connectivity index (χ2n) is 5.66. The molecule has 0 spiro atoms. The summed E-state index contributed by atoms with van der Waals surface area (Å²) in [6.45, 7) is 0. The smallest absolute Gasteiger partial charge is 0.269 e. The van der Waals surface area contributed by atoms with Crippen molar-refractivity contribution < 1.29 is 14.5 Å². The predicted octanol–water partition coefficient (Wildman–Crippen LogP) is 4.61. The molecule has 6 nitrogen and oxygen atoms in total. The lowest BCUT2D eigenvalue weighted by atomic mass is 10.00. The summed E-state index contributed by atoms with van der Waals surface area (Å²) in [5.74, 6) is 0.259. The number of nitrogens with zero attached hydrogens (tertiary/aromatic N) is 2. The highest BCUT2D eigenvalue weighted by molar-refractivity contribution is 6.51. The van der Waals surface area contributed by atoms with E-state index in [-0.39, 0.29) is 17.2 Å². The quantitative estimate of drug-likeness (QED) is 0.278. The molecule has 27 heavy (non-hydrogen) atoms. The van der Waals surface area contributed by atoms with Gasteiger partial charge in [-0.2, -0.15) is 0 Å². The summed E-state index contributed by atoms with van der Waals surface area (Å²) in [4.78, 5) is 28.0. The Hall–Kier alpha value is -3.80. The van der Waals surface area contributed by atoms with Crippen LogP contribution in [0.4, 0.5) is 11.4 Å². The van der Waals surface area contributed by atoms with E-state index < -0.39 is 4.92 Å². The fourth-order valence-corrected chi connectivity index (χ4v) is 2.52. The monoisotopic (exact) mass is 360 g/mol. The summed E-state index contributed by atoms with van der Waals surface area (Å²) < 4.78 is 5.18. The number of methoxy groups -OCH3 is 1. The van der Waals surface area contributed by atoms with Crippen LogP contribution in [0.1, 0.15) is 15.9 Å². The highest BCUT2D eigenvalue weighted by atomic mass is 16.6. The number of rotatable bonds is 6. The van der Waals surface area contributed by atoms with Crippen molar-refractivity contribution in [1.29, 1.82) is 0 Å². The first-order valence-electron chi connectivity index (χ1n) is 8.16. The van der Waals surface area contributed by atoms with E-state index in [0.29, 0.717) is 22.6 Å². The van der Waals surface area contributed by atoms with Crippen LogP contribution in [0.3, 0.4) is 0 Å². The molecular formula is C21H16N2O4. The van der Waals surface area contributed by atoms with Crippen LogP contribution in [0.5, 0.6) is 5.75 Å². The number of ketones is 1. The maximum atomic E-state index is 13.1. The Morgan fingerprint density at radius 2 is 1.63 bits per heavy atom. The minimum absolute atomic E-state index is 0.0494. The molecule has 0 aliphatic rings. The van der Waals surface area contributed by atoms with Crippen molar-refractivity contribution in [2.45, 2.75) is 0 Å². The molecule has 0 bridgehead atoms. The standard InChI is InChI=1S/C21H16N2O4/c1-27-19-9-5-6-16(14-19)21(24)20(22-17-7-3-2-4-8-17)15-10-12-18(13-11-15)23(25)26/h2-14H,1H3. The number of non-ortho nitro benzene ring substituents is 1. The highest BCUT2D eigenvalue weighted by Gasteiger charge is 2.18. The van der Waals surface area contributed by atoms with Crippen molar-refractivity contribution in [2.75, 3.05) is 7.11 Å². The Kier molecular flexibility index (Phi) is 5.37. The molecule has 3 aromatic rings. The van der Waals surface area contributed by atoms with Gasteiger partial charge in [-0.15, -0.1) is 0 Å². The fourth-order valence-electron chi connectivity index (χ4n) is 2.52. The van der Waals surface area contributed by atoms with E-state index >= 15 is 0 Å². The normalized spacial score (nSPS) is 11.1. The van der Waals surface area contributed by atoms with Gasteiger partial charge in [0.25, 0.3) is 5.69 Å². The molecule has 0 atom stereocenters. The van der Waals surface area contributed by atoms with Crippen LogP contribution in [0.15, 0.2) is 83.9 Å². The van der Waals surface area contributed by atoms with Gasteiger partial charge in [0.2, 0.25) is 5.78 Å². The average Bonchev–Trinajstić information content (AvgIpc) is 2.72. The second-order valence-corrected chi connectivity index (χ2v) is 5.66. The minimum Gasteiger partial charge on any atom is -0.497 e. The van der Waals surface area contributed by atoms with Crippen molar-refractivity contribution in [3.05, 3.63) is 100 Å². The third-order valence-electron chi connectivity index (χ3n) is 3.90. The molecule has 0 saturated heterocycles. The van der Waals surface area contributed by atoms with E-state index in [0.717, 1.165) is 0 Å². The molecule has 6 heteroatoms. The van der Waals surface area contributed by atoms with E-state index in [2.05, 4.69) is 4.99 Å². The fraction of sp³-hybridized carbons (Fsp3) is 0.0476. The van der Waals surface area contributed by atoms with Crippen LogP contribution in [0.25, 0.3) is 0 Å². The number of hydrogen-bond acceptors (Lipinski definition) is 5. The first-order chi connectivity index (χ1) is 13.1. The van der Waals surface area contributed by atoms with Gasteiger partial charge < -0.3 is 4.74 Å². The van der Waals surface area contributed by atoms with Gasteiger partial charge >= 0.3 is 0 Å². The zero-order valence-corrected chi connectivity index (χ0v) is 14.5. The Labute approximate surface area is 155 Å². The van der Waals surface area contributed by atoms with Crippen LogP contribution in [-0.4, -0.2) is 23.5 Å². The molecule has 3 rings (SSSR count). The molecule has 0 saturated carbocycles. The largest absolute Gasteiger partial charge is 0.497 e. The summed E-state index contributed by atoms with van der Waals surface area (Å²) in [5.41, 5.74) is 1.68. The number of carbonyl (C=O) groups excluding carboxylic acids is 1. The van der Waals surface area contributed by atoms with Crippen molar-refractivity contribution in [1.82, 2.24) is 0 Å². The number of aliphatic imine (C=N–C) groups is 1. The first kappa shape index (κ1) is 18.0. The molecule has 0 amide bonds. The van der Waals surface area contributed by atoms with E-state index in [9.17, 15) is 14.9 Å². The SMILES string of the molecule is COc1cccc(C(=O)C(=Nc2ccccc2)c2ccc([N+](=O)[O-])cc2)c1. The zero-order valence-electron chi connectivity index (χ0n) is 14.5. The van der Waals surface area contributed by atoms with Crippen molar-refractivity contribution in [2.24, 2.45) is 4.99 Å². The lowest BCUT2D eigenvalue weighted by Crippen LogP contribution is -2.16. The zero-order chi connectivity index (χ0) is 19.2. The topological polar surface area (TPSA) is 81.8 Å². The summed E-state index contributed by atoms with van der Waals surface area (Å²) in [6.07, 6.45) is 0. The molecule has 0 fully saturated rings. The number of benzene rings is 3. The van der Waals surface area contributed by atoms with E-state index in [1.807, 2.05) is 18.2 Å². The Morgan fingerprint density at radius 1 is 0.926 bits per heavy atom. The Balaban J connectivity index is 2.08. The molecule has 0 aliphatic heterocycles. The lowest BCUT2D eigenvalue weighted by Gasteiger charge is -2.08. The van der Waals surface area contributed by atoms with Gasteiger partial charge in [-0.25, -0.2) is 4.99 Å². The van der Waals surface area contributed by atoms with Crippen LogP contribution >= 0.6 is 0 Å². The number of ether oxygens (including phenoxy) is 1. The van der Waals surface area contributed by atoms with Gasteiger partial charge in [-0.1, -0.05) is 30.3 Å². The van der Waals surface area contributed by atoms with E-state index in [1.54, 1.807) is 36.4 Å². The number of nitro groups is 1. The molecule has 0 aromatic heterocycles. The second kappa shape index (κ2) is 8.05. The van der Waals surface area contributed by atoms with Crippen LogP contribution < -0.4 is 4.74 Å². The maximum Gasteiger partial charge on any atom is 0.269 e. The van der Waals surface area contributed by atoms with Gasteiger partial charge in [0.05, 0.1) is 17.7 Å². The number of hydrogen-bond donors (Lipinski definition) is 0. The average molecular weight is 360 g/mol. The van der Waals surface area contributed by atoms with E-state index in [1.165, 1.54) is 31.4 Å². The van der Waals surface area contributed by atoms with Crippen molar-refractivity contribution in [3.8, 4) is 5.75 Å². The number of para-hydroxylation sites is 1. The van der Waals surface area contributed by atoms with Gasteiger partial charge in [0.15, 0.2) is 0 Å². The van der Waals surface area contributed by atoms with E-state index in [4.69, 9.17) is 4.74 Å². The van der Waals surface area contributed by atoms with Gasteiger partial charge in [-0.3, -0.25) is 14.9 Å². The summed E-state index contributed by atoms with van der Waals surface area (Å²) in [6, 6.07) is 21.6. The van der Waals surface area contributed by atoms with Crippen LogP contribution in [0, 0.1) is 10.1 Å².